The van der Waals surface area contributed by atoms with Crippen LogP contribution >= 0.6 is 11.3 Å². The van der Waals surface area contributed by atoms with E-state index in [1.54, 1.807) is 54.6 Å². The van der Waals surface area contributed by atoms with E-state index < -0.39 is 11.4 Å². The molecular formula is C29H25N5O3S. The van der Waals surface area contributed by atoms with E-state index in [1.807, 2.05) is 50.2 Å². The Morgan fingerprint density at radius 3 is 2.18 bits per heavy atom. The Balaban J connectivity index is 1.33. The van der Waals surface area contributed by atoms with Gasteiger partial charge in [0.2, 0.25) is 0 Å². The van der Waals surface area contributed by atoms with Crippen molar-refractivity contribution in [3.63, 3.8) is 0 Å². The topological polar surface area (TPSA) is 116 Å². The van der Waals surface area contributed by atoms with Crippen LogP contribution in [0.15, 0.2) is 91.0 Å². The molecule has 0 aliphatic rings. The van der Waals surface area contributed by atoms with E-state index in [-0.39, 0.29) is 17.4 Å². The smallest absolute Gasteiger partial charge is 0.262 e. The molecule has 0 saturated carbocycles. The summed E-state index contributed by atoms with van der Waals surface area (Å²) in [5.41, 5.74) is 1.57. The average Bonchev–Trinajstić information content (AvgIpc) is 3.52. The van der Waals surface area contributed by atoms with Gasteiger partial charge in [-0.3, -0.25) is 19.5 Å². The molecule has 2 aromatic heterocycles. The molecule has 3 amide bonds. The highest BCUT2D eigenvalue weighted by Crippen LogP contribution is 2.31. The van der Waals surface area contributed by atoms with Gasteiger partial charge in [-0.1, -0.05) is 60.7 Å². The zero-order chi connectivity index (χ0) is 26.7. The van der Waals surface area contributed by atoms with Crippen LogP contribution < -0.4 is 16.0 Å². The summed E-state index contributed by atoms with van der Waals surface area (Å²) in [5, 5.41) is 16.4. The molecule has 0 spiro atoms. The predicted molar refractivity (Wildman–Crippen MR) is 150 cm³/mol. The summed E-state index contributed by atoms with van der Waals surface area (Å²) in [6, 6.07) is 27.0. The van der Waals surface area contributed by atoms with E-state index in [2.05, 4.69) is 26.1 Å². The molecule has 0 atom stereocenters. The van der Waals surface area contributed by atoms with E-state index >= 15 is 0 Å². The number of benzene rings is 3. The van der Waals surface area contributed by atoms with Gasteiger partial charge in [-0.25, -0.2) is 0 Å². The number of para-hydroxylation sites is 1. The number of carbonyl (C=O) groups is 3. The summed E-state index contributed by atoms with van der Waals surface area (Å²) in [6.45, 7) is 3.89. The highest BCUT2D eigenvalue weighted by atomic mass is 32.1. The fourth-order valence-electron chi connectivity index (χ4n) is 4.05. The molecule has 38 heavy (non-hydrogen) atoms. The normalized spacial score (nSPS) is 11.2. The lowest BCUT2D eigenvalue weighted by molar-refractivity contribution is 0.0915. The first kappa shape index (κ1) is 24.9. The van der Waals surface area contributed by atoms with E-state index in [0.29, 0.717) is 32.2 Å². The molecule has 2 heterocycles. The molecule has 0 aliphatic heterocycles. The van der Waals surface area contributed by atoms with E-state index in [9.17, 15) is 14.4 Å². The maximum atomic E-state index is 13.2. The first-order chi connectivity index (χ1) is 18.3. The van der Waals surface area contributed by atoms with Crippen LogP contribution in [0, 0.1) is 0 Å². The summed E-state index contributed by atoms with van der Waals surface area (Å²) in [7, 11) is 0. The van der Waals surface area contributed by atoms with Crippen LogP contribution in [0.25, 0.3) is 10.2 Å². The molecule has 9 heteroatoms. The van der Waals surface area contributed by atoms with Crippen molar-refractivity contribution in [2.45, 2.75) is 19.4 Å². The van der Waals surface area contributed by atoms with Crippen LogP contribution in [0.3, 0.4) is 0 Å². The number of hydrogen-bond acceptors (Lipinski definition) is 5. The average molecular weight is 524 g/mol. The molecule has 0 bridgehead atoms. The third-order valence-electron chi connectivity index (χ3n) is 6.09. The largest absolute Gasteiger partial charge is 0.342 e. The summed E-state index contributed by atoms with van der Waals surface area (Å²) < 4.78 is 0. The first-order valence-electron chi connectivity index (χ1n) is 11.9. The Bertz CT molecular complexity index is 1620. The third kappa shape index (κ3) is 5.18. The number of anilines is 2. The van der Waals surface area contributed by atoms with Gasteiger partial charge in [-0.15, -0.1) is 11.3 Å². The van der Waals surface area contributed by atoms with Crippen molar-refractivity contribution in [1.29, 1.82) is 0 Å². The van der Waals surface area contributed by atoms with E-state index in [4.69, 9.17) is 0 Å². The van der Waals surface area contributed by atoms with Gasteiger partial charge in [-0.2, -0.15) is 5.10 Å². The minimum atomic E-state index is -0.573. The maximum Gasteiger partial charge on any atom is 0.262 e. The van der Waals surface area contributed by atoms with Crippen molar-refractivity contribution >= 4 is 50.8 Å². The number of aromatic amines is 1. The van der Waals surface area contributed by atoms with Crippen molar-refractivity contribution in [1.82, 2.24) is 15.5 Å². The Morgan fingerprint density at radius 2 is 1.45 bits per heavy atom. The fraction of sp³-hybridized carbons (Fsp3) is 0.103. The molecule has 5 rings (SSSR count). The number of nitrogens with zero attached hydrogens (tertiary/aromatic N) is 1. The molecule has 0 unspecified atom stereocenters. The van der Waals surface area contributed by atoms with Gasteiger partial charge in [0.1, 0.15) is 10.6 Å². The maximum absolute atomic E-state index is 13.2. The lowest BCUT2D eigenvalue weighted by atomic mass is 9.94. The monoisotopic (exact) mass is 523 g/mol. The summed E-state index contributed by atoms with van der Waals surface area (Å²) >= 11 is 1.23. The number of H-pyrrole nitrogens is 1. The van der Waals surface area contributed by atoms with Crippen LogP contribution in [0.2, 0.25) is 0 Å². The van der Waals surface area contributed by atoms with Gasteiger partial charge < -0.3 is 16.0 Å². The molecule has 0 fully saturated rings. The zero-order valence-electron chi connectivity index (χ0n) is 20.7. The second kappa shape index (κ2) is 10.3. The Morgan fingerprint density at radius 1 is 0.789 bits per heavy atom. The Hall–Kier alpha value is -4.76. The highest BCUT2D eigenvalue weighted by Gasteiger charge is 2.25. The predicted octanol–water partition coefficient (Wildman–Crippen LogP) is 5.79. The molecule has 8 nitrogen and oxygen atoms in total. The standard InChI is InChI=1S/C29H25N5O3S/c1-29(2,19-13-7-4-8-14-19)32-27(37)23-17-21-24(33-34-28(21)38-23)31-26(36)20-15-9-10-16-22(20)30-25(35)18-11-5-3-6-12-18/h3-17H,1-2H3,(H,30,35)(H,32,37)(H2,31,33,34,36). The number of thiophene rings is 1. The molecule has 3 aromatic carbocycles. The van der Waals surface area contributed by atoms with Crippen LogP contribution in [0.1, 0.15) is 49.8 Å². The molecular weight excluding hydrogens is 498 g/mol. The molecule has 4 N–H and O–H groups in total. The first-order valence-corrected chi connectivity index (χ1v) is 12.8. The van der Waals surface area contributed by atoms with Crippen LogP contribution in [-0.4, -0.2) is 27.9 Å². The summed E-state index contributed by atoms with van der Waals surface area (Å²) in [5.74, 6) is -0.608. The number of amides is 3. The fourth-order valence-corrected chi connectivity index (χ4v) is 4.94. The third-order valence-corrected chi connectivity index (χ3v) is 7.12. The minimum absolute atomic E-state index is 0.229. The summed E-state index contributed by atoms with van der Waals surface area (Å²) in [4.78, 5) is 40.0. The minimum Gasteiger partial charge on any atom is -0.342 e. The van der Waals surface area contributed by atoms with Gasteiger partial charge in [0.05, 0.1) is 27.1 Å². The molecule has 0 radical (unpaired) electrons. The number of carbonyl (C=O) groups excluding carboxylic acids is 3. The van der Waals surface area contributed by atoms with Crippen molar-refractivity contribution in [3.05, 3.63) is 113 Å². The Kier molecular flexibility index (Phi) is 6.76. The number of hydrogen-bond donors (Lipinski definition) is 4. The van der Waals surface area contributed by atoms with Crippen molar-refractivity contribution < 1.29 is 14.4 Å². The highest BCUT2D eigenvalue weighted by molar-refractivity contribution is 7.20. The van der Waals surface area contributed by atoms with E-state index in [1.165, 1.54) is 11.3 Å². The number of rotatable bonds is 7. The van der Waals surface area contributed by atoms with E-state index in [0.717, 1.165) is 5.56 Å². The quantitative estimate of drug-likeness (QED) is 0.216. The van der Waals surface area contributed by atoms with Crippen molar-refractivity contribution in [2.75, 3.05) is 10.6 Å². The number of nitrogens with one attached hydrogen (secondary N) is 4. The van der Waals surface area contributed by atoms with Crippen LogP contribution in [0.4, 0.5) is 11.5 Å². The second-order valence-electron chi connectivity index (χ2n) is 9.19. The lowest BCUT2D eigenvalue weighted by Gasteiger charge is -2.26. The zero-order valence-corrected chi connectivity index (χ0v) is 21.6. The Labute approximate surface area is 223 Å². The van der Waals surface area contributed by atoms with Crippen molar-refractivity contribution in [2.24, 2.45) is 0 Å². The van der Waals surface area contributed by atoms with Gasteiger partial charge in [-0.05, 0) is 49.7 Å². The van der Waals surface area contributed by atoms with Crippen LogP contribution in [0.5, 0.6) is 0 Å². The van der Waals surface area contributed by atoms with Gasteiger partial charge in [0, 0.05) is 5.56 Å². The lowest BCUT2D eigenvalue weighted by Crippen LogP contribution is -2.40. The van der Waals surface area contributed by atoms with Gasteiger partial charge in [0.15, 0.2) is 0 Å². The van der Waals surface area contributed by atoms with Crippen LogP contribution in [-0.2, 0) is 5.54 Å². The molecule has 5 aromatic rings. The molecule has 0 saturated heterocycles. The van der Waals surface area contributed by atoms with Crippen molar-refractivity contribution in [3.8, 4) is 0 Å². The van der Waals surface area contributed by atoms with Gasteiger partial charge in [0.25, 0.3) is 17.7 Å². The molecule has 0 aliphatic carbocycles. The van der Waals surface area contributed by atoms with Gasteiger partial charge >= 0.3 is 0 Å². The number of aromatic nitrogens is 2. The number of fused-ring (bicyclic) bond motifs is 1. The second-order valence-corrected chi connectivity index (χ2v) is 10.2. The molecule has 190 valence electrons. The summed E-state index contributed by atoms with van der Waals surface area (Å²) in [6.07, 6.45) is 0. The SMILES string of the molecule is CC(C)(NC(=O)c1cc2c(NC(=O)c3ccccc3NC(=O)c3ccccc3)[nH]nc2s1)c1ccccc1.